The number of rotatable bonds is 2. The molecule has 3 heterocycles. The Morgan fingerprint density at radius 3 is 2.00 bits per heavy atom. The van der Waals surface area contributed by atoms with E-state index >= 15 is 0 Å². The minimum atomic E-state index is 0.208. The number of hydrogen-bond donors (Lipinski definition) is 1. The summed E-state index contributed by atoms with van der Waals surface area (Å²) in [6.45, 7) is 6.23. The van der Waals surface area contributed by atoms with E-state index in [0.29, 0.717) is 0 Å². The van der Waals surface area contributed by atoms with Crippen molar-refractivity contribution >= 4 is 12.8 Å². The van der Waals surface area contributed by atoms with E-state index in [-0.39, 0.29) is 5.79 Å². The molecule has 0 aromatic rings. The van der Waals surface area contributed by atoms with Gasteiger partial charge in [-0.2, -0.15) is 0 Å². The molecule has 0 spiro atoms. The molecule has 0 amide bonds. The summed E-state index contributed by atoms with van der Waals surface area (Å²) in [5.41, 5.74) is 0. The molecule has 3 saturated heterocycles. The number of nitrogens with zero attached hydrogens (tertiary/aromatic N) is 3. The second-order valence-corrected chi connectivity index (χ2v) is 5.17. The summed E-state index contributed by atoms with van der Waals surface area (Å²) < 4.78 is 2.31. The molecule has 80 valence electrons. The number of hydrogen-bond acceptors (Lipinski definition) is 4. The molecular formula is C10H19N3S. The van der Waals surface area contributed by atoms with Gasteiger partial charge in [0.2, 0.25) is 0 Å². The first-order chi connectivity index (χ1) is 6.84. The minimum absolute atomic E-state index is 0.208. The molecule has 3 aliphatic rings. The van der Waals surface area contributed by atoms with E-state index in [1.807, 2.05) is 0 Å². The van der Waals surface area contributed by atoms with Gasteiger partial charge in [0.05, 0.1) is 0 Å². The van der Waals surface area contributed by atoms with Crippen LogP contribution in [0.4, 0.5) is 0 Å². The third-order valence-electron chi connectivity index (χ3n) is 3.70. The standard InChI is InChI=1S/C10H19N3S/c14-13-5-3-1-2-4-10(13,11-6-7-11)12-8-9-12/h14H,1-9H2. The first kappa shape index (κ1) is 9.46. The van der Waals surface area contributed by atoms with Crippen molar-refractivity contribution in [1.29, 1.82) is 0 Å². The highest BCUT2D eigenvalue weighted by Gasteiger charge is 2.54. The molecule has 3 rings (SSSR count). The largest absolute Gasteiger partial charge is 0.270 e. The van der Waals surface area contributed by atoms with E-state index in [1.165, 1.54) is 51.9 Å². The van der Waals surface area contributed by atoms with Crippen molar-refractivity contribution in [2.75, 3.05) is 32.7 Å². The fourth-order valence-corrected chi connectivity index (χ4v) is 3.26. The van der Waals surface area contributed by atoms with Gasteiger partial charge in [-0.3, -0.25) is 9.80 Å². The lowest BCUT2D eigenvalue weighted by Gasteiger charge is -2.42. The molecule has 0 aromatic carbocycles. The minimum Gasteiger partial charge on any atom is -0.270 e. The molecule has 3 aliphatic heterocycles. The van der Waals surface area contributed by atoms with Gasteiger partial charge in [-0.1, -0.05) is 19.2 Å². The van der Waals surface area contributed by atoms with Crippen molar-refractivity contribution in [3.8, 4) is 0 Å². The molecule has 0 aromatic heterocycles. The zero-order valence-electron chi connectivity index (χ0n) is 8.65. The van der Waals surface area contributed by atoms with Crippen LogP contribution in [0.25, 0.3) is 0 Å². The zero-order valence-corrected chi connectivity index (χ0v) is 9.55. The lowest BCUT2D eigenvalue weighted by Crippen LogP contribution is -2.56. The fraction of sp³-hybridized carbons (Fsp3) is 1.00. The Labute approximate surface area is 91.6 Å². The van der Waals surface area contributed by atoms with Crippen molar-refractivity contribution in [2.24, 2.45) is 0 Å². The van der Waals surface area contributed by atoms with E-state index in [1.54, 1.807) is 0 Å². The Kier molecular flexibility index (Phi) is 2.28. The molecule has 0 unspecified atom stereocenters. The molecule has 0 aliphatic carbocycles. The maximum Gasteiger partial charge on any atom is 0.140 e. The summed E-state index contributed by atoms with van der Waals surface area (Å²) >= 11 is 4.72. The van der Waals surface area contributed by atoms with Crippen molar-refractivity contribution in [1.82, 2.24) is 14.1 Å². The maximum atomic E-state index is 4.72. The van der Waals surface area contributed by atoms with Crippen LogP contribution in [0.15, 0.2) is 0 Å². The van der Waals surface area contributed by atoms with Crippen LogP contribution in [0.5, 0.6) is 0 Å². The van der Waals surface area contributed by atoms with Crippen molar-refractivity contribution in [3.05, 3.63) is 0 Å². The van der Waals surface area contributed by atoms with Gasteiger partial charge in [0.25, 0.3) is 0 Å². The summed E-state index contributed by atoms with van der Waals surface area (Å²) in [5, 5.41) is 0. The smallest absolute Gasteiger partial charge is 0.140 e. The van der Waals surface area contributed by atoms with Crippen LogP contribution < -0.4 is 0 Å². The Hall–Kier alpha value is 0.230. The molecule has 3 fully saturated rings. The topological polar surface area (TPSA) is 9.26 Å². The van der Waals surface area contributed by atoms with E-state index < -0.39 is 0 Å². The van der Waals surface area contributed by atoms with E-state index in [9.17, 15) is 0 Å². The summed E-state index contributed by atoms with van der Waals surface area (Å²) in [5.74, 6) is 0.208. The maximum absolute atomic E-state index is 4.72. The van der Waals surface area contributed by atoms with Gasteiger partial charge >= 0.3 is 0 Å². The molecular weight excluding hydrogens is 194 g/mol. The van der Waals surface area contributed by atoms with Crippen molar-refractivity contribution in [3.63, 3.8) is 0 Å². The zero-order chi connectivity index (χ0) is 9.60. The Bertz CT molecular complexity index is 213. The van der Waals surface area contributed by atoms with Crippen LogP contribution in [0.1, 0.15) is 25.7 Å². The second-order valence-electron chi connectivity index (χ2n) is 4.68. The Balaban J connectivity index is 1.85. The van der Waals surface area contributed by atoms with Gasteiger partial charge in [-0.25, -0.2) is 4.31 Å². The van der Waals surface area contributed by atoms with Crippen LogP contribution >= 0.6 is 12.8 Å². The molecule has 0 atom stereocenters. The van der Waals surface area contributed by atoms with Crippen LogP contribution in [0.3, 0.4) is 0 Å². The first-order valence-corrected chi connectivity index (χ1v) is 6.21. The molecule has 0 radical (unpaired) electrons. The third-order valence-corrected chi connectivity index (χ3v) is 4.22. The Morgan fingerprint density at radius 2 is 1.43 bits per heavy atom. The quantitative estimate of drug-likeness (QED) is 0.541. The molecule has 0 N–H and O–H groups in total. The van der Waals surface area contributed by atoms with Gasteiger partial charge in [0, 0.05) is 32.7 Å². The molecule has 0 bridgehead atoms. The molecule has 14 heavy (non-hydrogen) atoms. The first-order valence-electron chi connectivity index (χ1n) is 5.81. The van der Waals surface area contributed by atoms with Crippen LogP contribution in [0, 0.1) is 0 Å². The van der Waals surface area contributed by atoms with E-state index in [4.69, 9.17) is 12.8 Å². The van der Waals surface area contributed by atoms with Gasteiger partial charge in [0.15, 0.2) is 0 Å². The van der Waals surface area contributed by atoms with Gasteiger partial charge < -0.3 is 0 Å². The highest BCUT2D eigenvalue weighted by molar-refractivity contribution is 7.77. The molecule has 3 nitrogen and oxygen atoms in total. The normalized spacial score (nSPS) is 34.1. The number of thiol groups is 1. The van der Waals surface area contributed by atoms with Crippen LogP contribution in [-0.4, -0.2) is 52.6 Å². The predicted octanol–water partition coefficient (Wildman–Crippen LogP) is 0.992. The summed E-state index contributed by atoms with van der Waals surface area (Å²) in [6, 6.07) is 0. The Morgan fingerprint density at radius 1 is 0.786 bits per heavy atom. The average Bonchev–Trinajstić information content (AvgIpc) is 3.04. The highest BCUT2D eigenvalue weighted by atomic mass is 32.1. The van der Waals surface area contributed by atoms with Crippen molar-refractivity contribution < 1.29 is 0 Å². The van der Waals surface area contributed by atoms with Gasteiger partial charge in [-0.05, 0) is 19.3 Å². The van der Waals surface area contributed by atoms with E-state index in [2.05, 4.69) is 14.1 Å². The lowest BCUT2D eigenvalue weighted by atomic mass is 10.1. The molecule has 4 heteroatoms. The second kappa shape index (κ2) is 3.37. The van der Waals surface area contributed by atoms with E-state index in [0.717, 1.165) is 6.54 Å². The monoisotopic (exact) mass is 213 g/mol. The van der Waals surface area contributed by atoms with Gasteiger partial charge in [0.1, 0.15) is 5.79 Å². The predicted molar refractivity (Wildman–Crippen MR) is 60.0 cm³/mol. The van der Waals surface area contributed by atoms with Crippen LogP contribution in [0.2, 0.25) is 0 Å². The lowest BCUT2D eigenvalue weighted by molar-refractivity contribution is -0.0161. The molecule has 0 saturated carbocycles. The van der Waals surface area contributed by atoms with Crippen LogP contribution in [-0.2, 0) is 0 Å². The average molecular weight is 213 g/mol. The van der Waals surface area contributed by atoms with Gasteiger partial charge in [-0.15, -0.1) is 0 Å². The summed E-state index contributed by atoms with van der Waals surface area (Å²) in [6.07, 6.45) is 5.34. The third kappa shape index (κ3) is 1.40. The fourth-order valence-electron chi connectivity index (χ4n) is 2.77. The van der Waals surface area contributed by atoms with Crippen molar-refractivity contribution in [2.45, 2.75) is 31.5 Å². The summed E-state index contributed by atoms with van der Waals surface area (Å²) in [7, 11) is 0. The SMILES string of the molecule is SN1CCCCCC1(N1CC1)N1CC1. The summed E-state index contributed by atoms with van der Waals surface area (Å²) in [4.78, 5) is 5.16. The highest BCUT2D eigenvalue weighted by Crippen LogP contribution is 2.41.